The van der Waals surface area contributed by atoms with E-state index in [0.717, 1.165) is 0 Å². The van der Waals surface area contributed by atoms with Gasteiger partial charge in [-0.3, -0.25) is 4.79 Å². The number of para-hydroxylation sites is 1. The summed E-state index contributed by atoms with van der Waals surface area (Å²) in [7, 11) is 1.33. The Labute approximate surface area is 150 Å². The van der Waals surface area contributed by atoms with Gasteiger partial charge in [-0.2, -0.15) is 0 Å². The lowest BCUT2D eigenvalue weighted by molar-refractivity contribution is 0.0600. The molecule has 0 bridgehead atoms. The minimum absolute atomic E-state index is 0.163. The minimum Gasteiger partial charge on any atom is -0.486 e. The summed E-state index contributed by atoms with van der Waals surface area (Å²) in [6.07, 6.45) is 0. The fourth-order valence-electron chi connectivity index (χ4n) is 2.25. The molecule has 1 heterocycles. The summed E-state index contributed by atoms with van der Waals surface area (Å²) in [4.78, 5) is 23.5. The Balaban J connectivity index is 1.56. The standard InChI is InChI=1S/C20H17NO5/c1-24-20(23)14-7-9-16(10-8-14)25-13-17-11-12-18(26-17)19(22)21-15-5-3-2-4-6-15/h2-12H,13H2,1H3,(H,21,22). The Kier molecular flexibility index (Phi) is 5.34. The first-order valence-corrected chi connectivity index (χ1v) is 7.92. The normalized spacial score (nSPS) is 10.2. The van der Waals surface area contributed by atoms with Gasteiger partial charge >= 0.3 is 5.97 Å². The van der Waals surface area contributed by atoms with Crippen LogP contribution in [0.25, 0.3) is 0 Å². The summed E-state index contributed by atoms with van der Waals surface area (Å²) in [5.41, 5.74) is 1.13. The highest BCUT2D eigenvalue weighted by Crippen LogP contribution is 2.17. The van der Waals surface area contributed by atoms with Gasteiger partial charge in [0.25, 0.3) is 5.91 Å². The molecule has 0 atom stereocenters. The van der Waals surface area contributed by atoms with Gasteiger partial charge in [-0.1, -0.05) is 18.2 Å². The maximum Gasteiger partial charge on any atom is 0.337 e. The average molecular weight is 351 g/mol. The highest BCUT2D eigenvalue weighted by atomic mass is 16.5. The highest BCUT2D eigenvalue weighted by Gasteiger charge is 2.12. The zero-order valence-electron chi connectivity index (χ0n) is 14.1. The Morgan fingerprint density at radius 1 is 0.962 bits per heavy atom. The fourth-order valence-corrected chi connectivity index (χ4v) is 2.25. The number of amides is 1. The van der Waals surface area contributed by atoms with Crippen LogP contribution in [0.5, 0.6) is 5.75 Å². The number of furan rings is 1. The van der Waals surface area contributed by atoms with Gasteiger partial charge in [-0.15, -0.1) is 0 Å². The van der Waals surface area contributed by atoms with Crippen LogP contribution in [-0.4, -0.2) is 19.0 Å². The van der Waals surface area contributed by atoms with Crippen LogP contribution in [-0.2, 0) is 11.3 Å². The Morgan fingerprint density at radius 2 is 1.69 bits per heavy atom. The Morgan fingerprint density at radius 3 is 2.38 bits per heavy atom. The second-order valence-corrected chi connectivity index (χ2v) is 5.39. The summed E-state index contributed by atoms with van der Waals surface area (Å²) in [5, 5.41) is 2.75. The highest BCUT2D eigenvalue weighted by molar-refractivity contribution is 6.02. The van der Waals surface area contributed by atoms with Crippen LogP contribution < -0.4 is 10.1 Å². The van der Waals surface area contributed by atoms with Crippen molar-refractivity contribution in [3.05, 3.63) is 83.8 Å². The van der Waals surface area contributed by atoms with Crippen LogP contribution in [0.4, 0.5) is 5.69 Å². The summed E-state index contributed by atoms with van der Waals surface area (Å²) in [6.45, 7) is 0.163. The molecule has 132 valence electrons. The lowest BCUT2D eigenvalue weighted by Gasteiger charge is -2.05. The van der Waals surface area contributed by atoms with Gasteiger partial charge in [0.05, 0.1) is 12.7 Å². The van der Waals surface area contributed by atoms with Crippen molar-refractivity contribution in [3.8, 4) is 5.75 Å². The molecule has 0 fully saturated rings. The summed E-state index contributed by atoms with van der Waals surface area (Å²) in [6, 6.07) is 19.0. The first-order chi connectivity index (χ1) is 12.7. The van der Waals surface area contributed by atoms with Crippen LogP contribution in [0.3, 0.4) is 0 Å². The van der Waals surface area contributed by atoms with Gasteiger partial charge < -0.3 is 19.2 Å². The largest absolute Gasteiger partial charge is 0.486 e. The van der Waals surface area contributed by atoms with Crippen molar-refractivity contribution in [1.29, 1.82) is 0 Å². The molecule has 0 aliphatic heterocycles. The van der Waals surface area contributed by atoms with Crippen molar-refractivity contribution in [3.63, 3.8) is 0 Å². The first kappa shape index (κ1) is 17.3. The van der Waals surface area contributed by atoms with Gasteiger partial charge in [-0.25, -0.2) is 4.79 Å². The van der Waals surface area contributed by atoms with Crippen LogP contribution in [0.15, 0.2) is 71.1 Å². The third kappa shape index (κ3) is 4.30. The van der Waals surface area contributed by atoms with Crippen LogP contribution in [0.1, 0.15) is 26.7 Å². The molecular formula is C20H17NO5. The number of hydrogen-bond acceptors (Lipinski definition) is 5. The number of rotatable bonds is 6. The van der Waals surface area contributed by atoms with Crippen molar-refractivity contribution in [2.75, 3.05) is 12.4 Å². The number of benzene rings is 2. The van der Waals surface area contributed by atoms with E-state index in [1.54, 1.807) is 48.5 Å². The van der Waals surface area contributed by atoms with Crippen LogP contribution in [0.2, 0.25) is 0 Å². The lowest BCUT2D eigenvalue weighted by atomic mass is 10.2. The number of ether oxygens (including phenoxy) is 2. The van der Waals surface area contributed by atoms with E-state index in [9.17, 15) is 9.59 Å². The van der Waals surface area contributed by atoms with E-state index in [1.807, 2.05) is 18.2 Å². The van der Waals surface area contributed by atoms with E-state index in [2.05, 4.69) is 10.1 Å². The number of esters is 1. The Hall–Kier alpha value is -3.54. The second-order valence-electron chi connectivity index (χ2n) is 5.39. The molecule has 1 amide bonds. The molecule has 3 aromatic rings. The molecule has 1 N–H and O–H groups in total. The molecule has 6 heteroatoms. The number of carbonyl (C=O) groups is 2. The molecule has 0 radical (unpaired) electrons. The van der Waals surface area contributed by atoms with Crippen LogP contribution >= 0.6 is 0 Å². The molecular weight excluding hydrogens is 334 g/mol. The van der Waals surface area contributed by atoms with Crippen molar-refractivity contribution in [2.24, 2.45) is 0 Å². The smallest absolute Gasteiger partial charge is 0.337 e. The number of anilines is 1. The predicted octanol–water partition coefficient (Wildman–Crippen LogP) is 3.90. The monoisotopic (exact) mass is 351 g/mol. The van der Waals surface area contributed by atoms with E-state index >= 15 is 0 Å². The number of carbonyl (C=O) groups excluding carboxylic acids is 2. The van der Waals surface area contributed by atoms with Crippen molar-refractivity contribution < 1.29 is 23.5 Å². The molecule has 0 saturated carbocycles. The van der Waals surface area contributed by atoms with Gasteiger partial charge in [0.1, 0.15) is 18.1 Å². The van der Waals surface area contributed by atoms with E-state index < -0.39 is 5.97 Å². The maximum absolute atomic E-state index is 12.1. The summed E-state index contributed by atoms with van der Waals surface area (Å²) in [5.74, 6) is 0.555. The molecule has 0 spiro atoms. The zero-order valence-corrected chi connectivity index (χ0v) is 14.1. The molecule has 0 aliphatic rings. The van der Waals surface area contributed by atoms with Crippen molar-refractivity contribution in [1.82, 2.24) is 0 Å². The molecule has 2 aromatic carbocycles. The van der Waals surface area contributed by atoms with E-state index in [-0.39, 0.29) is 18.3 Å². The van der Waals surface area contributed by atoms with Gasteiger partial charge in [0.15, 0.2) is 5.76 Å². The maximum atomic E-state index is 12.1. The number of methoxy groups -OCH3 is 1. The molecule has 26 heavy (non-hydrogen) atoms. The molecule has 0 unspecified atom stereocenters. The molecule has 0 saturated heterocycles. The third-order valence-electron chi connectivity index (χ3n) is 3.57. The van der Waals surface area contributed by atoms with E-state index in [4.69, 9.17) is 9.15 Å². The lowest BCUT2D eigenvalue weighted by Crippen LogP contribution is -2.10. The van der Waals surface area contributed by atoms with Gasteiger partial charge in [0, 0.05) is 5.69 Å². The Bertz CT molecular complexity index is 884. The first-order valence-electron chi connectivity index (χ1n) is 7.92. The van der Waals surface area contributed by atoms with Crippen molar-refractivity contribution in [2.45, 2.75) is 6.61 Å². The van der Waals surface area contributed by atoms with Crippen LogP contribution in [0, 0.1) is 0 Å². The average Bonchev–Trinajstić information content (AvgIpc) is 3.16. The molecule has 6 nitrogen and oxygen atoms in total. The second kappa shape index (κ2) is 8.02. The van der Waals surface area contributed by atoms with Gasteiger partial charge in [-0.05, 0) is 48.5 Å². The summed E-state index contributed by atoms with van der Waals surface area (Å²) < 4.78 is 15.7. The fraction of sp³-hybridized carbons (Fsp3) is 0.100. The summed E-state index contributed by atoms with van der Waals surface area (Å²) >= 11 is 0. The number of hydrogen-bond donors (Lipinski definition) is 1. The third-order valence-corrected chi connectivity index (χ3v) is 3.57. The number of nitrogens with one attached hydrogen (secondary N) is 1. The van der Waals surface area contributed by atoms with Crippen molar-refractivity contribution >= 4 is 17.6 Å². The zero-order chi connectivity index (χ0) is 18.4. The quantitative estimate of drug-likeness (QED) is 0.682. The molecule has 3 rings (SSSR count). The topological polar surface area (TPSA) is 77.8 Å². The SMILES string of the molecule is COC(=O)c1ccc(OCc2ccc(C(=O)Nc3ccccc3)o2)cc1. The minimum atomic E-state index is -0.406. The van der Waals surface area contributed by atoms with Gasteiger partial charge in [0.2, 0.25) is 0 Å². The van der Waals surface area contributed by atoms with E-state index in [1.165, 1.54) is 7.11 Å². The molecule has 0 aliphatic carbocycles. The predicted molar refractivity (Wildman–Crippen MR) is 95.2 cm³/mol. The molecule has 1 aromatic heterocycles. The van der Waals surface area contributed by atoms with E-state index in [0.29, 0.717) is 22.8 Å².